The average Bonchev–Trinajstić information content (AvgIpc) is 2.70. The van der Waals surface area contributed by atoms with Crippen LogP contribution in [0.3, 0.4) is 0 Å². The van der Waals surface area contributed by atoms with Crippen molar-refractivity contribution in [2.75, 3.05) is 6.54 Å². The van der Waals surface area contributed by atoms with Gasteiger partial charge in [0.1, 0.15) is 6.04 Å². The number of fused-ring (bicyclic) bond motifs is 1. The fourth-order valence-corrected chi connectivity index (χ4v) is 4.03. The van der Waals surface area contributed by atoms with Gasteiger partial charge in [-0.25, -0.2) is 0 Å². The molecule has 1 N–H and O–H groups in total. The number of hydrogen-bond acceptors (Lipinski definition) is 4. The predicted octanol–water partition coefficient (Wildman–Crippen LogP) is 3.97. The minimum absolute atomic E-state index is 0.208. The van der Waals surface area contributed by atoms with Crippen LogP contribution >= 0.6 is 0 Å². The van der Waals surface area contributed by atoms with Crippen LogP contribution < -0.4 is 0 Å². The Morgan fingerprint density at radius 1 is 1.15 bits per heavy atom. The van der Waals surface area contributed by atoms with Gasteiger partial charge >= 0.3 is 5.97 Å². The normalized spacial score (nSPS) is 19.1. The Bertz CT molecular complexity index is 950. The van der Waals surface area contributed by atoms with Crippen LogP contribution in [0.25, 0.3) is 10.9 Å². The summed E-state index contributed by atoms with van der Waals surface area (Å²) in [6.07, 6.45) is 6.26. The number of aliphatic carboxylic acids is 1. The first-order valence-corrected chi connectivity index (χ1v) is 9.40. The summed E-state index contributed by atoms with van der Waals surface area (Å²) in [4.78, 5) is 23.2. The number of para-hydroxylation sites is 1. The Hall–Kier alpha value is -2.79. The van der Waals surface area contributed by atoms with E-state index in [1.165, 1.54) is 0 Å². The Balaban J connectivity index is 1.90. The van der Waals surface area contributed by atoms with Crippen LogP contribution in [0, 0.1) is 6.92 Å². The highest BCUT2D eigenvalue weighted by molar-refractivity contribution is 5.83. The highest BCUT2D eigenvalue weighted by atomic mass is 16.4. The average molecular weight is 361 g/mol. The van der Waals surface area contributed by atoms with E-state index < -0.39 is 12.0 Å². The molecule has 2 atom stereocenters. The summed E-state index contributed by atoms with van der Waals surface area (Å²) in [6.45, 7) is 2.75. The monoisotopic (exact) mass is 361 g/mol. The molecule has 0 aliphatic carbocycles. The lowest BCUT2D eigenvalue weighted by Gasteiger charge is -2.39. The van der Waals surface area contributed by atoms with Crippen LogP contribution in [0.5, 0.6) is 0 Å². The summed E-state index contributed by atoms with van der Waals surface area (Å²) in [5.74, 6) is -0.759. The Morgan fingerprint density at radius 2 is 2.00 bits per heavy atom. The number of carboxylic acids is 1. The minimum Gasteiger partial charge on any atom is -0.480 e. The second-order valence-electron chi connectivity index (χ2n) is 7.17. The first kappa shape index (κ1) is 17.6. The van der Waals surface area contributed by atoms with Crippen molar-refractivity contribution in [2.45, 2.75) is 38.3 Å². The molecule has 0 spiro atoms. The van der Waals surface area contributed by atoms with Crippen LogP contribution in [0.4, 0.5) is 0 Å². The van der Waals surface area contributed by atoms with Crippen LogP contribution in [-0.4, -0.2) is 38.5 Å². The Morgan fingerprint density at radius 3 is 2.78 bits per heavy atom. The van der Waals surface area contributed by atoms with Crippen molar-refractivity contribution in [3.05, 3.63) is 71.7 Å². The number of pyridine rings is 2. The molecule has 1 aliphatic rings. The van der Waals surface area contributed by atoms with Gasteiger partial charge in [0.2, 0.25) is 0 Å². The van der Waals surface area contributed by atoms with Gasteiger partial charge in [0.05, 0.1) is 17.3 Å². The highest BCUT2D eigenvalue weighted by Crippen LogP contribution is 2.36. The molecule has 1 fully saturated rings. The molecule has 1 aliphatic heterocycles. The van der Waals surface area contributed by atoms with Gasteiger partial charge in [-0.3, -0.25) is 19.7 Å². The van der Waals surface area contributed by atoms with Crippen molar-refractivity contribution in [1.82, 2.24) is 14.9 Å². The van der Waals surface area contributed by atoms with E-state index in [1.54, 1.807) is 6.20 Å². The molecule has 2 aromatic heterocycles. The van der Waals surface area contributed by atoms with E-state index in [9.17, 15) is 9.90 Å². The molecule has 1 saturated heterocycles. The van der Waals surface area contributed by atoms with Crippen LogP contribution in [0.2, 0.25) is 0 Å². The van der Waals surface area contributed by atoms with Crippen LogP contribution in [0.1, 0.15) is 42.1 Å². The minimum atomic E-state index is -0.759. The van der Waals surface area contributed by atoms with Gasteiger partial charge in [-0.15, -0.1) is 0 Å². The third kappa shape index (κ3) is 3.43. The van der Waals surface area contributed by atoms with Crippen LogP contribution in [-0.2, 0) is 4.79 Å². The maximum atomic E-state index is 12.0. The van der Waals surface area contributed by atoms with Gasteiger partial charge in [0.25, 0.3) is 0 Å². The molecule has 2 unspecified atom stereocenters. The van der Waals surface area contributed by atoms with Crippen molar-refractivity contribution < 1.29 is 9.90 Å². The van der Waals surface area contributed by atoms with Gasteiger partial charge in [0.15, 0.2) is 0 Å². The molecular weight excluding hydrogens is 338 g/mol. The van der Waals surface area contributed by atoms with E-state index in [0.717, 1.165) is 47.1 Å². The molecule has 0 amide bonds. The van der Waals surface area contributed by atoms with Gasteiger partial charge in [-0.05, 0) is 55.6 Å². The summed E-state index contributed by atoms with van der Waals surface area (Å²) in [6, 6.07) is 13.4. The number of likely N-dealkylation sites (tertiary alicyclic amines) is 1. The second-order valence-corrected chi connectivity index (χ2v) is 7.17. The largest absolute Gasteiger partial charge is 0.480 e. The molecule has 27 heavy (non-hydrogen) atoms. The number of aromatic nitrogens is 2. The van der Waals surface area contributed by atoms with E-state index in [4.69, 9.17) is 0 Å². The quantitative estimate of drug-likeness (QED) is 0.762. The highest BCUT2D eigenvalue weighted by Gasteiger charge is 2.36. The lowest BCUT2D eigenvalue weighted by molar-refractivity contribution is -0.145. The number of rotatable bonds is 4. The van der Waals surface area contributed by atoms with Crippen molar-refractivity contribution in [2.24, 2.45) is 0 Å². The molecule has 0 radical (unpaired) electrons. The van der Waals surface area contributed by atoms with Crippen molar-refractivity contribution in [3.8, 4) is 0 Å². The third-order valence-corrected chi connectivity index (χ3v) is 5.35. The molecular formula is C22H23N3O2. The zero-order valence-corrected chi connectivity index (χ0v) is 15.4. The van der Waals surface area contributed by atoms with Gasteiger partial charge in [-0.2, -0.15) is 0 Å². The fraction of sp³-hybridized carbons (Fsp3) is 0.318. The molecule has 5 heteroatoms. The van der Waals surface area contributed by atoms with Crippen molar-refractivity contribution in [1.29, 1.82) is 0 Å². The smallest absolute Gasteiger partial charge is 0.320 e. The lowest BCUT2D eigenvalue weighted by atomic mass is 9.92. The summed E-state index contributed by atoms with van der Waals surface area (Å²) in [5.41, 5.74) is 3.94. The summed E-state index contributed by atoms with van der Waals surface area (Å²) < 4.78 is 0. The summed E-state index contributed by atoms with van der Waals surface area (Å²) in [7, 11) is 0. The first-order chi connectivity index (χ1) is 13.1. The molecule has 0 saturated carbocycles. The number of carbonyl (C=O) groups is 1. The molecule has 4 rings (SSSR count). The van der Waals surface area contributed by atoms with Gasteiger partial charge in [-0.1, -0.05) is 30.7 Å². The maximum Gasteiger partial charge on any atom is 0.320 e. The number of aryl methyl sites for hydroxylation is 1. The number of nitrogens with zero attached hydrogens (tertiary/aromatic N) is 3. The zero-order chi connectivity index (χ0) is 18.8. The van der Waals surface area contributed by atoms with E-state index in [0.29, 0.717) is 6.42 Å². The van der Waals surface area contributed by atoms with Crippen molar-refractivity contribution >= 4 is 16.9 Å². The SMILES string of the molecule is Cc1ccc(C(c2ccnc3ccccc23)N2CCCCC2C(=O)O)nc1. The number of piperidine rings is 1. The van der Waals surface area contributed by atoms with E-state index in [2.05, 4.69) is 20.9 Å². The van der Waals surface area contributed by atoms with Gasteiger partial charge in [0, 0.05) is 17.8 Å². The molecule has 0 bridgehead atoms. The number of carboxylic acid groups (broad SMARTS) is 1. The molecule has 3 aromatic rings. The van der Waals surface area contributed by atoms with E-state index in [1.807, 2.05) is 49.5 Å². The van der Waals surface area contributed by atoms with E-state index >= 15 is 0 Å². The van der Waals surface area contributed by atoms with Crippen LogP contribution in [0.15, 0.2) is 54.9 Å². The number of hydrogen-bond donors (Lipinski definition) is 1. The fourth-order valence-electron chi connectivity index (χ4n) is 4.03. The summed E-state index contributed by atoms with van der Waals surface area (Å²) >= 11 is 0. The lowest BCUT2D eigenvalue weighted by Crippen LogP contribution is -2.47. The molecule has 138 valence electrons. The molecule has 3 heterocycles. The third-order valence-electron chi connectivity index (χ3n) is 5.35. The first-order valence-electron chi connectivity index (χ1n) is 9.40. The van der Waals surface area contributed by atoms with E-state index in [-0.39, 0.29) is 6.04 Å². The standard InChI is InChI=1S/C22H23N3O2/c1-15-9-10-19(24-14-15)21(25-13-5-4-8-20(25)22(26)27)17-11-12-23-18-7-3-2-6-16(17)18/h2-3,6-7,9-12,14,20-21H,4-5,8,13H2,1H3,(H,26,27). The second kappa shape index (κ2) is 7.45. The molecule has 1 aromatic carbocycles. The topological polar surface area (TPSA) is 66.3 Å². The Kier molecular flexibility index (Phi) is 4.86. The Labute approximate surface area is 158 Å². The summed E-state index contributed by atoms with van der Waals surface area (Å²) in [5, 5.41) is 10.9. The van der Waals surface area contributed by atoms with Crippen molar-refractivity contribution in [3.63, 3.8) is 0 Å². The number of benzene rings is 1. The predicted molar refractivity (Wildman–Crippen MR) is 105 cm³/mol. The van der Waals surface area contributed by atoms with Gasteiger partial charge < -0.3 is 5.11 Å². The maximum absolute atomic E-state index is 12.0. The zero-order valence-electron chi connectivity index (χ0n) is 15.4. The molecule has 5 nitrogen and oxygen atoms in total.